The van der Waals surface area contributed by atoms with Crippen LogP contribution in [0.15, 0.2) is 71.8 Å². The molecule has 7 heterocycles. The van der Waals surface area contributed by atoms with Crippen molar-refractivity contribution in [1.29, 1.82) is 0 Å². The molecule has 1 aromatic carbocycles. The number of aromatic nitrogens is 7. The lowest BCUT2D eigenvalue weighted by Gasteiger charge is -2.34. The van der Waals surface area contributed by atoms with Crippen LogP contribution in [0.25, 0.3) is 33.5 Å². The molecule has 0 saturated carbocycles. The van der Waals surface area contributed by atoms with Crippen LogP contribution >= 0.6 is 0 Å². The molecule has 5 aromatic heterocycles. The highest BCUT2D eigenvalue weighted by Crippen LogP contribution is 2.32. The normalized spacial score (nSPS) is 15.6. The van der Waals surface area contributed by atoms with E-state index in [2.05, 4.69) is 73.4 Å². The zero-order chi connectivity index (χ0) is 42.7. The minimum absolute atomic E-state index is 0.0551. The van der Waals surface area contributed by atoms with Gasteiger partial charge in [0.25, 0.3) is 0 Å². The maximum absolute atomic E-state index is 12.9. The molecule has 17 heteroatoms. The summed E-state index contributed by atoms with van der Waals surface area (Å²) in [5, 5.41) is 17.2. The minimum Gasteiger partial charge on any atom is -0.370 e. The van der Waals surface area contributed by atoms with E-state index in [1.165, 1.54) is 4.90 Å². The average molecular weight is 826 g/mol. The van der Waals surface area contributed by atoms with Gasteiger partial charge < -0.3 is 30.4 Å². The van der Waals surface area contributed by atoms with Crippen molar-refractivity contribution >= 4 is 46.2 Å². The number of fused-ring (bicyclic) bond motifs is 1. The number of benzene rings is 1. The standard InChI is InChI=1S/C44H51N13O4/c1-26-20-29(6-9-32(26)27(2)51-40(59)41-54-42(55-61-41)44(3,4)5)38-33-21-34(52-39(33)50-25-49-38)30-7-10-35(47-23-30)46-16-15-45-22-28-12-17-56(18-13-28)31-8-11-36(48-24-31)57-19-14-37(58)53-43(57)60/h6-11,20-21,23-25,27-28,45H,12-19,22H2,1-5H3,(H,46,47)(H,51,59)(H,49,50,52)(H,53,58,60)/t27-/m1/s1. The van der Waals surface area contributed by atoms with Crippen molar-refractivity contribution in [2.24, 2.45) is 5.92 Å². The average Bonchev–Trinajstić information content (AvgIpc) is 3.94. The fraction of sp³-hybridized carbons (Fsp3) is 0.386. The number of hydrogen-bond donors (Lipinski definition) is 5. The lowest BCUT2D eigenvalue weighted by molar-refractivity contribution is -0.120. The largest absolute Gasteiger partial charge is 0.370 e. The van der Waals surface area contributed by atoms with Gasteiger partial charge in [0.05, 0.1) is 23.6 Å². The predicted molar refractivity (Wildman–Crippen MR) is 232 cm³/mol. The van der Waals surface area contributed by atoms with E-state index in [1.807, 2.05) is 83.4 Å². The Bertz CT molecular complexity index is 2520. The van der Waals surface area contributed by atoms with Crippen LogP contribution in [-0.4, -0.2) is 92.2 Å². The van der Waals surface area contributed by atoms with Gasteiger partial charge in [-0.3, -0.25) is 19.8 Å². The molecule has 8 rings (SSSR count). The summed E-state index contributed by atoms with van der Waals surface area (Å²) < 4.78 is 5.23. The summed E-state index contributed by atoms with van der Waals surface area (Å²) in [6.45, 7) is 14.6. The lowest BCUT2D eigenvalue weighted by atomic mass is 9.96. The quantitative estimate of drug-likeness (QED) is 0.0857. The number of carbonyl (C=O) groups is 3. The van der Waals surface area contributed by atoms with Gasteiger partial charge >= 0.3 is 17.8 Å². The summed E-state index contributed by atoms with van der Waals surface area (Å²) in [7, 11) is 0. The number of anilines is 3. The Morgan fingerprint density at radius 3 is 2.48 bits per heavy atom. The zero-order valence-electron chi connectivity index (χ0n) is 35.1. The lowest BCUT2D eigenvalue weighted by Crippen LogP contribution is -2.49. The van der Waals surface area contributed by atoms with E-state index in [0.29, 0.717) is 24.1 Å². The van der Waals surface area contributed by atoms with Crippen molar-refractivity contribution < 1.29 is 18.9 Å². The van der Waals surface area contributed by atoms with E-state index in [1.54, 1.807) is 6.33 Å². The van der Waals surface area contributed by atoms with Crippen LogP contribution in [0.4, 0.5) is 22.1 Å². The Kier molecular flexibility index (Phi) is 11.7. The van der Waals surface area contributed by atoms with Gasteiger partial charge in [0.2, 0.25) is 5.91 Å². The molecular formula is C44H51N13O4. The molecule has 0 radical (unpaired) electrons. The molecule has 5 N–H and O–H groups in total. The SMILES string of the molecule is Cc1cc(-c2ncnc3[nH]c(-c4ccc(NCCNCC5CCN(c6ccc(N7CCC(=O)NC7=O)nc6)CC5)nc4)cc23)ccc1[C@@H](C)NC(=O)c1nc(C(C)(C)C)no1. The third-order valence-electron chi connectivity index (χ3n) is 11.2. The van der Waals surface area contributed by atoms with Crippen molar-refractivity contribution in [3.63, 3.8) is 0 Å². The molecule has 0 spiro atoms. The molecule has 2 aliphatic rings. The summed E-state index contributed by atoms with van der Waals surface area (Å²) in [4.78, 5) is 66.4. The van der Waals surface area contributed by atoms with Gasteiger partial charge in [0.1, 0.15) is 23.6 Å². The summed E-state index contributed by atoms with van der Waals surface area (Å²) in [6, 6.07) is 15.3. The molecule has 61 heavy (non-hydrogen) atoms. The molecule has 4 amide bonds. The number of aromatic amines is 1. The molecule has 2 fully saturated rings. The topological polar surface area (TPSA) is 212 Å². The first-order valence-electron chi connectivity index (χ1n) is 20.7. The maximum atomic E-state index is 12.9. The number of hydrogen-bond acceptors (Lipinski definition) is 13. The van der Waals surface area contributed by atoms with Crippen LogP contribution in [-0.2, 0) is 10.2 Å². The monoisotopic (exact) mass is 825 g/mol. The second-order valence-electron chi connectivity index (χ2n) is 16.7. The van der Waals surface area contributed by atoms with E-state index >= 15 is 0 Å². The smallest absolute Gasteiger partial charge is 0.329 e. The van der Waals surface area contributed by atoms with Gasteiger partial charge in [0.15, 0.2) is 5.82 Å². The summed E-state index contributed by atoms with van der Waals surface area (Å²) >= 11 is 0. The summed E-state index contributed by atoms with van der Waals surface area (Å²) in [6.07, 6.45) is 7.66. The van der Waals surface area contributed by atoms with Crippen molar-refractivity contribution in [3.8, 4) is 22.5 Å². The van der Waals surface area contributed by atoms with Gasteiger partial charge in [-0.25, -0.2) is 24.7 Å². The Morgan fingerprint density at radius 1 is 0.951 bits per heavy atom. The highest BCUT2D eigenvalue weighted by molar-refractivity contribution is 6.05. The molecule has 0 aliphatic carbocycles. The minimum atomic E-state index is -0.423. The predicted octanol–water partition coefficient (Wildman–Crippen LogP) is 5.93. The van der Waals surface area contributed by atoms with Crippen molar-refractivity contribution in [1.82, 2.24) is 51.0 Å². The van der Waals surface area contributed by atoms with Crippen LogP contribution in [0.2, 0.25) is 0 Å². The van der Waals surface area contributed by atoms with Crippen molar-refractivity contribution in [3.05, 3.63) is 90.1 Å². The fourth-order valence-electron chi connectivity index (χ4n) is 7.74. The Labute approximate surface area is 353 Å². The maximum Gasteiger partial charge on any atom is 0.329 e. The molecule has 0 bridgehead atoms. The number of pyridine rings is 2. The Morgan fingerprint density at radius 2 is 1.77 bits per heavy atom. The molecular weight excluding hydrogens is 775 g/mol. The highest BCUT2D eigenvalue weighted by atomic mass is 16.5. The van der Waals surface area contributed by atoms with E-state index in [4.69, 9.17) is 4.52 Å². The van der Waals surface area contributed by atoms with E-state index < -0.39 is 11.9 Å². The van der Waals surface area contributed by atoms with Gasteiger partial charge in [-0.1, -0.05) is 38.1 Å². The van der Waals surface area contributed by atoms with E-state index in [-0.39, 0.29) is 29.7 Å². The van der Waals surface area contributed by atoms with E-state index in [0.717, 1.165) is 102 Å². The number of piperidine rings is 1. The number of H-pyrrole nitrogens is 1. The number of amides is 4. The van der Waals surface area contributed by atoms with Crippen LogP contribution in [0.5, 0.6) is 0 Å². The third kappa shape index (κ3) is 9.36. The van der Waals surface area contributed by atoms with Gasteiger partial charge in [-0.15, -0.1) is 0 Å². The van der Waals surface area contributed by atoms with Gasteiger partial charge in [-0.05, 0) is 86.7 Å². The van der Waals surface area contributed by atoms with E-state index in [9.17, 15) is 14.4 Å². The second kappa shape index (κ2) is 17.5. The molecule has 0 unspecified atom stereocenters. The summed E-state index contributed by atoms with van der Waals surface area (Å²) in [5.41, 5.74) is 6.98. The van der Waals surface area contributed by atoms with Crippen molar-refractivity contribution in [2.75, 3.05) is 54.4 Å². The Balaban J connectivity index is 0.796. The number of aryl methyl sites for hydroxylation is 1. The molecule has 17 nitrogen and oxygen atoms in total. The first-order chi connectivity index (χ1) is 29.4. The first-order valence-corrected chi connectivity index (χ1v) is 20.7. The molecule has 2 aliphatic heterocycles. The number of nitrogens with zero attached hydrogens (tertiary/aromatic N) is 8. The third-order valence-corrected chi connectivity index (χ3v) is 11.2. The second-order valence-corrected chi connectivity index (χ2v) is 16.7. The molecule has 6 aromatic rings. The highest BCUT2D eigenvalue weighted by Gasteiger charge is 2.27. The van der Waals surface area contributed by atoms with Crippen LogP contribution in [0, 0.1) is 12.8 Å². The Hall–Kier alpha value is -6.75. The van der Waals surface area contributed by atoms with Crippen LogP contribution < -0.4 is 31.1 Å². The molecule has 316 valence electrons. The molecule has 2 saturated heterocycles. The molecule has 1 atom stereocenters. The fourth-order valence-corrected chi connectivity index (χ4v) is 7.74. The number of nitrogens with one attached hydrogen (secondary N) is 5. The zero-order valence-corrected chi connectivity index (χ0v) is 35.1. The summed E-state index contributed by atoms with van der Waals surface area (Å²) in [5.74, 6) is 1.70. The van der Waals surface area contributed by atoms with Crippen molar-refractivity contribution in [2.45, 2.75) is 65.3 Å². The van der Waals surface area contributed by atoms with Crippen LogP contribution in [0.3, 0.4) is 0 Å². The van der Waals surface area contributed by atoms with Crippen LogP contribution in [0.1, 0.15) is 80.6 Å². The first kappa shape index (κ1) is 41.0. The number of carbonyl (C=O) groups excluding carboxylic acids is 3. The van der Waals surface area contributed by atoms with Gasteiger partial charge in [-0.2, -0.15) is 4.98 Å². The number of urea groups is 1. The number of rotatable bonds is 13. The number of imide groups is 1. The van der Waals surface area contributed by atoms with Gasteiger partial charge in [0, 0.05) is 73.0 Å².